The number of nitrogens with zero attached hydrogens (tertiary/aromatic N) is 3. The van der Waals surface area contributed by atoms with Gasteiger partial charge in [-0.2, -0.15) is 0 Å². The lowest BCUT2D eigenvalue weighted by molar-refractivity contribution is 0.195. The van der Waals surface area contributed by atoms with Crippen molar-refractivity contribution in [3.63, 3.8) is 0 Å². The van der Waals surface area contributed by atoms with Crippen LogP contribution >= 0.6 is 11.6 Å². The van der Waals surface area contributed by atoms with Gasteiger partial charge in [-0.3, -0.25) is 0 Å². The van der Waals surface area contributed by atoms with E-state index in [1.54, 1.807) is 0 Å². The number of anilines is 2. The van der Waals surface area contributed by atoms with Crippen molar-refractivity contribution in [2.75, 3.05) is 18.1 Å². The number of aryl methyl sites for hydroxylation is 1. The van der Waals surface area contributed by atoms with Crippen molar-refractivity contribution in [1.82, 2.24) is 15.0 Å². The van der Waals surface area contributed by atoms with Gasteiger partial charge >= 0.3 is 0 Å². The third kappa shape index (κ3) is 3.40. The fourth-order valence-electron chi connectivity index (χ4n) is 3.85. The minimum absolute atomic E-state index is 0.0236. The number of fused-ring (bicyclic) bond motifs is 2. The van der Waals surface area contributed by atoms with Crippen LogP contribution in [0.4, 0.5) is 15.9 Å². The molecule has 0 bridgehead atoms. The molecule has 0 radical (unpaired) electrons. The van der Waals surface area contributed by atoms with Crippen LogP contribution in [0.25, 0.3) is 22.4 Å². The Kier molecular flexibility index (Phi) is 5.00. The predicted molar refractivity (Wildman–Crippen MR) is 119 cm³/mol. The fraction of sp³-hybridized carbons (Fsp3) is 0.217. The lowest BCUT2D eigenvalue weighted by atomic mass is 10.1. The van der Waals surface area contributed by atoms with Crippen molar-refractivity contribution in [3.8, 4) is 17.1 Å². The Morgan fingerprint density at radius 3 is 2.90 bits per heavy atom. The monoisotopic (exact) mass is 438 g/mol. The summed E-state index contributed by atoms with van der Waals surface area (Å²) in [4.78, 5) is 14.3. The molecule has 1 aliphatic rings. The van der Waals surface area contributed by atoms with Crippen LogP contribution in [0.5, 0.6) is 5.75 Å². The van der Waals surface area contributed by atoms with E-state index in [4.69, 9.17) is 16.3 Å². The molecule has 3 heterocycles. The van der Waals surface area contributed by atoms with Crippen molar-refractivity contribution in [3.05, 3.63) is 65.1 Å². The molecule has 5 rings (SSSR count). The summed E-state index contributed by atoms with van der Waals surface area (Å²) in [6, 6.07) is 12.3. The van der Waals surface area contributed by atoms with Gasteiger partial charge in [0.1, 0.15) is 24.1 Å². The molecule has 0 saturated carbocycles. The lowest BCUT2D eigenvalue weighted by Gasteiger charge is -2.37. The Morgan fingerprint density at radius 1 is 1.29 bits per heavy atom. The highest BCUT2D eigenvalue weighted by molar-refractivity contribution is 6.31. The number of rotatable bonds is 4. The number of nitrogens with one attached hydrogen (secondary N) is 1. The second-order valence-corrected chi connectivity index (χ2v) is 7.83. The molecule has 0 fully saturated rings. The van der Waals surface area contributed by atoms with Crippen LogP contribution in [0, 0.1) is 5.82 Å². The third-order valence-corrected chi connectivity index (χ3v) is 5.78. The molecule has 2 N–H and O–H groups in total. The Hall–Kier alpha value is -3.16. The second kappa shape index (κ2) is 7.83. The summed E-state index contributed by atoms with van der Waals surface area (Å²) >= 11 is 5.91. The largest absolute Gasteiger partial charge is 0.488 e. The second-order valence-electron chi connectivity index (χ2n) is 7.42. The standard InChI is InChI=1S/C23H20ClFN4O2/c1-2-13-6-7-21(26-10-13)29-14(11-30)12-31-22-15(4-3-5-20(22)29)23-27-18-8-16(24)17(25)9-19(18)28-23/h3-10,14,30H,2,11-12H2,1H3,(H,27,28)/t14-/m0/s1. The Balaban J connectivity index is 1.63. The van der Waals surface area contributed by atoms with E-state index in [0.717, 1.165) is 29.1 Å². The molecule has 4 aromatic rings. The first-order chi connectivity index (χ1) is 15.1. The predicted octanol–water partition coefficient (Wildman–Crippen LogP) is 4.87. The van der Waals surface area contributed by atoms with Gasteiger partial charge in [-0.1, -0.05) is 30.7 Å². The van der Waals surface area contributed by atoms with E-state index in [2.05, 4.69) is 21.9 Å². The number of ether oxygens (including phenoxy) is 1. The van der Waals surface area contributed by atoms with Gasteiger partial charge in [0.15, 0.2) is 5.75 Å². The van der Waals surface area contributed by atoms with Gasteiger partial charge in [-0.15, -0.1) is 0 Å². The van der Waals surface area contributed by atoms with Gasteiger partial charge in [-0.25, -0.2) is 14.4 Å². The normalized spacial score (nSPS) is 15.7. The SMILES string of the molecule is CCc1ccc(N2c3cccc(-c4nc5cc(Cl)c(F)cc5[nH]4)c3OC[C@@H]2CO)nc1. The molecular weight excluding hydrogens is 419 g/mol. The first-order valence-corrected chi connectivity index (χ1v) is 10.4. The highest BCUT2D eigenvalue weighted by Gasteiger charge is 2.31. The number of imidazole rings is 1. The number of aromatic nitrogens is 3. The minimum atomic E-state index is -0.505. The third-order valence-electron chi connectivity index (χ3n) is 5.49. The molecular formula is C23H20ClFN4O2. The number of aliphatic hydroxyl groups excluding tert-OH is 1. The summed E-state index contributed by atoms with van der Waals surface area (Å²) in [6.07, 6.45) is 2.75. The Bertz CT molecular complexity index is 1220. The maximum atomic E-state index is 13.9. The Labute approximate surface area is 183 Å². The maximum absolute atomic E-state index is 13.9. The molecule has 0 aliphatic carbocycles. The fourth-order valence-corrected chi connectivity index (χ4v) is 4.01. The zero-order valence-electron chi connectivity index (χ0n) is 16.8. The van der Waals surface area contributed by atoms with Gasteiger partial charge in [-0.05, 0) is 36.2 Å². The number of aliphatic hydroxyl groups is 1. The average molecular weight is 439 g/mol. The highest BCUT2D eigenvalue weighted by Crippen LogP contribution is 2.44. The van der Waals surface area contributed by atoms with Crippen LogP contribution in [0.2, 0.25) is 5.02 Å². The van der Waals surface area contributed by atoms with Crippen LogP contribution in [-0.2, 0) is 6.42 Å². The first kappa shape index (κ1) is 19.8. The zero-order chi connectivity index (χ0) is 21.5. The maximum Gasteiger partial charge on any atom is 0.154 e. The quantitative estimate of drug-likeness (QED) is 0.475. The van der Waals surface area contributed by atoms with Crippen molar-refractivity contribution in [1.29, 1.82) is 0 Å². The molecule has 6 nitrogen and oxygen atoms in total. The summed E-state index contributed by atoms with van der Waals surface area (Å²) in [7, 11) is 0. The van der Waals surface area contributed by atoms with Gasteiger partial charge in [0.2, 0.25) is 0 Å². The number of hydrogen-bond donors (Lipinski definition) is 2. The number of aromatic amines is 1. The molecule has 0 saturated heterocycles. The molecule has 2 aromatic heterocycles. The molecule has 1 atom stereocenters. The number of pyridine rings is 1. The van der Waals surface area contributed by atoms with E-state index in [0.29, 0.717) is 29.2 Å². The van der Waals surface area contributed by atoms with E-state index >= 15 is 0 Å². The molecule has 0 unspecified atom stereocenters. The first-order valence-electron chi connectivity index (χ1n) is 10.0. The molecule has 31 heavy (non-hydrogen) atoms. The number of halogens is 2. The summed E-state index contributed by atoms with van der Waals surface area (Å²) in [5.41, 5.74) is 3.77. The van der Waals surface area contributed by atoms with Crippen molar-refractivity contribution in [2.45, 2.75) is 19.4 Å². The molecule has 0 spiro atoms. The summed E-state index contributed by atoms with van der Waals surface area (Å²) < 4.78 is 19.9. The van der Waals surface area contributed by atoms with E-state index in [9.17, 15) is 9.50 Å². The van der Waals surface area contributed by atoms with E-state index in [-0.39, 0.29) is 17.7 Å². The molecule has 1 aliphatic heterocycles. The number of hydrogen-bond acceptors (Lipinski definition) is 5. The molecule has 8 heteroatoms. The van der Waals surface area contributed by atoms with Gasteiger partial charge in [0.25, 0.3) is 0 Å². The Morgan fingerprint density at radius 2 is 2.16 bits per heavy atom. The lowest BCUT2D eigenvalue weighted by Crippen LogP contribution is -2.43. The number of benzene rings is 2. The van der Waals surface area contributed by atoms with Crippen LogP contribution < -0.4 is 9.64 Å². The number of H-pyrrole nitrogens is 1. The van der Waals surface area contributed by atoms with E-state index in [1.165, 1.54) is 12.1 Å². The van der Waals surface area contributed by atoms with E-state index in [1.807, 2.05) is 41.4 Å². The molecule has 0 amide bonds. The van der Waals surface area contributed by atoms with Gasteiger partial charge < -0.3 is 19.7 Å². The summed E-state index contributed by atoms with van der Waals surface area (Å²) in [5, 5.41) is 9.99. The van der Waals surface area contributed by atoms with Crippen molar-refractivity contribution in [2.24, 2.45) is 0 Å². The topological polar surface area (TPSA) is 74.3 Å². The van der Waals surface area contributed by atoms with E-state index < -0.39 is 5.82 Å². The number of para-hydroxylation sites is 1. The van der Waals surface area contributed by atoms with Crippen LogP contribution in [-0.4, -0.2) is 39.3 Å². The minimum Gasteiger partial charge on any atom is -0.488 e. The molecule has 2 aromatic carbocycles. The molecule has 158 valence electrons. The van der Waals surface area contributed by atoms with Crippen LogP contribution in [0.15, 0.2) is 48.7 Å². The van der Waals surface area contributed by atoms with Crippen LogP contribution in [0.1, 0.15) is 12.5 Å². The smallest absolute Gasteiger partial charge is 0.154 e. The van der Waals surface area contributed by atoms with Gasteiger partial charge in [0, 0.05) is 12.3 Å². The summed E-state index contributed by atoms with van der Waals surface area (Å²) in [6.45, 7) is 2.29. The average Bonchev–Trinajstić information content (AvgIpc) is 3.20. The van der Waals surface area contributed by atoms with Crippen molar-refractivity contribution < 1.29 is 14.2 Å². The van der Waals surface area contributed by atoms with Crippen molar-refractivity contribution >= 4 is 34.1 Å². The van der Waals surface area contributed by atoms with Crippen LogP contribution in [0.3, 0.4) is 0 Å². The summed E-state index contributed by atoms with van der Waals surface area (Å²) in [5.74, 6) is 1.40. The van der Waals surface area contributed by atoms with Gasteiger partial charge in [0.05, 0.1) is 40.0 Å². The zero-order valence-corrected chi connectivity index (χ0v) is 17.5. The highest BCUT2D eigenvalue weighted by atomic mass is 35.5.